The third kappa shape index (κ3) is 3.36. The zero-order chi connectivity index (χ0) is 19.8. The van der Waals surface area contributed by atoms with E-state index in [0.717, 1.165) is 12.0 Å². The molecule has 2 aliphatic rings. The molecule has 0 aliphatic carbocycles. The largest absolute Gasteiger partial charge is 0.338 e. The van der Waals surface area contributed by atoms with Gasteiger partial charge in [-0.1, -0.05) is 6.07 Å². The number of pyridine rings is 1. The molecule has 0 N–H and O–H groups in total. The summed E-state index contributed by atoms with van der Waals surface area (Å²) in [6.07, 6.45) is 2.71. The maximum Gasteiger partial charge on any atom is 0.282 e. The molecule has 28 heavy (non-hydrogen) atoms. The van der Waals surface area contributed by atoms with Gasteiger partial charge in [0.15, 0.2) is 0 Å². The highest BCUT2D eigenvalue weighted by molar-refractivity contribution is 5.96. The van der Waals surface area contributed by atoms with Crippen molar-refractivity contribution in [2.75, 3.05) is 19.6 Å². The minimum absolute atomic E-state index is 0.00988. The van der Waals surface area contributed by atoms with E-state index in [4.69, 9.17) is 0 Å². The topological polar surface area (TPSA) is 71.3 Å². The van der Waals surface area contributed by atoms with Crippen LogP contribution in [0.5, 0.6) is 0 Å². The molecule has 0 saturated carbocycles. The molecule has 148 valence electrons. The second-order valence-electron chi connectivity index (χ2n) is 7.39. The fourth-order valence-electron chi connectivity index (χ4n) is 4.15. The van der Waals surface area contributed by atoms with Crippen LogP contribution in [0, 0.1) is 11.8 Å². The molecular weight excluding hydrogens is 368 g/mol. The molecule has 9 heteroatoms. The van der Waals surface area contributed by atoms with Crippen molar-refractivity contribution in [3.05, 3.63) is 47.5 Å². The Morgan fingerprint density at radius 1 is 1.36 bits per heavy atom. The van der Waals surface area contributed by atoms with Crippen LogP contribution < -0.4 is 0 Å². The van der Waals surface area contributed by atoms with Crippen LogP contribution in [0.1, 0.15) is 34.5 Å². The highest BCUT2D eigenvalue weighted by atomic mass is 19.3. The standard InChI is InChI=1S/C19H21F2N5O2/c1-24-10-15(16(23-24)17(20)21)19(28)26-9-13-4-6-25(18(27)14(13)11-26)8-12-3-2-5-22-7-12/h2-3,5,7,10,13-14,17H,4,6,8-9,11H2,1H3/t13-,14+/m1/s1. The van der Waals surface area contributed by atoms with E-state index in [-0.39, 0.29) is 29.9 Å². The van der Waals surface area contributed by atoms with Crippen molar-refractivity contribution in [2.45, 2.75) is 19.4 Å². The van der Waals surface area contributed by atoms with Gasteiger partial charge in [-0.2, -0.15) is 5.10 Å². The number of hydrogen-bond donors (Lipinski definition) is 0. The first-order chi connectivity index (χ1) is 13.4. The van der Waals surface area contributed by atoms with Crippen LogP contribution in [0.25, 0.3) is 0 Å². The first kappa shape index (κ1) is 18.5. The number of aryl methyl sites for hydroxylation is 1. The number of nitrogens with zero attached hydrogens (tertiary/aromatic N) is 5. The van der Waals surface area contributed by atoms with Crippen LogP contribution in [-0.4, -0.2) is 56.0 Å². The Morgan fingerprint density at radius 2 is 2.18 bits per heavy atom. The van der Waals surface area contributed by atoms with E-state index in [9.17, 15) is 18.4 Å². The molecule has 0 radical (unpaired) electrons. The molecule has 2 saturated heterocycles. The lowest BCUT2D eigenvalue weighted by Crippen LogP contribution is -2.44. The van der Waals surface area contributed by atoms with Crippen molar-refractivity contribution in [3.63, 3.8) is 0 Å². The van der Waals surface area contributed by atoms with Crippen LogP contribution in [0.3, 0.4) is 0 Å². The van der Waals surface area contributed by atoms with Gasteiger partial charge in [-0.05, 0) is 24.0 Å². The molecule has 2 aliphatic heterocycles. The van der Waals surface area contributed by atoms with Crippen molar-refractivity contribution < 1.29 is 18.4 Å². The zero-order valence-corrected chi connectivity index (χ0v) is 15.5. The minimum atomic E-state index is -2.82. The number of piperidine rings is 1. The number of carbonyl (C=O) groups is 2. The van der Waals surface area contributed by atoms with Gasteiger partial charge >= 0.3 is 0 Å². The zero-order valence-electron chi connectivity index (χ0n) is 15.5. The van der Waals surface area contributed by atoms with Crippen LogP contribution >= 0.6 is 0 Å². The Balaban J connectivity index is 1.47. The molecule has 4 rings (SSSR count). The van der Waals surface area contributed by atoms with Crippen molar-refractivity contribution >= 4 is 11.8 Å². The molecule has 0 spiro atoms. The summed E-state index contributed by atoms with van der Waals surface area (Å²) < 4.78 is 27.6. The van der Waals surface area contributed by atoms with Gasteiger partial charge in [0.2, 0.25) is 5.91 Å². The normalized spacial score (nSPS) is 22.1. The van der Waals surface area contributed by atoms with E-state index in [2.05, 4.69) is 10.1 Å². The van der Waals surface area contributed by atoms with Crippen LogP contribution in [0.2, 0.25) is 0 Å². The molecule has 2 aromatic rings. The van der Waals surface area contributed by atoms with Gasteiger partial charge < -0.3 is 9.80 Å². The van der Waals surface area contributed by atoms with E-state index in [1.807, 2.05) is 12.1 Å². The minimum Gasteiger partial charge on any atom is -0.338 e. The summed E-state index contributed by atoms with van der Waals surface area (Å²) in [5.74, 6) is -0.700. The van der Waals surface area contributed by atoms with Gasteiger partial charge in [0.1, 0.15) is 5.69 Å². The summed E-state index contributed by atoms with van der Waals surface area (Å²) in [7, 11) is 1.51. The number of aromatic nitrogens is 3. The fraction of sp³-hybridized carbons (Fsp3) is 0.474. The number of rotatable bonds is 4. The third-order valence-electron chi connectivity index (χ3n) is 5.52. The predicted molar refractivity (Wildman–Crippen MR) is 95.3 cm³/mol. The smallest absolute Gasteiger partial charge is 0.282 e. The van der Waals surface area contributed by atoms with Gasteiger partial charge in [0, 0.05) is 51.8 Å². The SMILES string of the molecule is Cn1cc(C(=O)N2C[C@H]3CCN(Cc4cccnc4)C(=O)[C@H]3C2)c(C(F)F)n1. The van der Waals surface area contributed by atoms with Crippen LogP contribution in [0.4, 0.5) is 8.78 Å². The maximum absolute atomic E-state index is 13.2. The second-order valence-corrected chi connectivity index (χ2v) is 7.39. The molecule has 0 bridgehead atoms. The molecule has 7 nitrogen and oxygen atoms in total. The van der Waals surface area contributed by atoms with Gasteiger partial charge in [-0.15, -0.1) is 0 Å². The quantitative estimate of drug-likeness (QED) is 0.801. The summed E-state index contributed by atoms with van der Waals surface area (Å²) in [5.41, 5.74) is 0.361. The molecule has 0 aromatic carbocycles. The first-order valence-electron chi connectivity index (χ1n) is 9.22. The molecular formula is C19H21F2N5O2. The van der Waals surface area contributed by atoms with E-state index in [0.29, 0.717) is 19.6 Å². The number of hydrogen-bond acceptors (Lipinski definition) is 4. The number of fused-ring (bicyclic) bond motifs is 1. The lowest BCUT2D eigenvalue weighted by atomic mass is 9.88. The van der Waals surface area contributed by atoms with Crippen LogP contribution in [-0.2, 0) is 18.4 Å². The number of likely N-dealkylation sites (tertiary alicyclic amines) is 2. The van der Waals surface area contributed by atoms with Crippen molar-refractivity contribution in [2.24, 2.45) is 18.9 Å². The lowest BCUT2D eigenvalue weighted by Gasteiger charge is -2.33. The van der Waals surface area contributed by atoms with Crippen molar-refractivity contribution in [1.29, 1.82) is 0 Å². The maximum atomic E-state index is 13.2. The Kier molecular flexibility index (Phi) is 4.82. The van der Waals surface area contributed by atoms with Crippen molar-refractivity contribution in [3.8, 4) is 0 Å². The number of amides is 2. The summed E-state index contributed by atoms with van der Waals surface area (Å²) in [6.45, 7) is 1.77. The first-order valence-corrected chi connectivity index (χ1v) is 9.22. The molecule has 2 atom stereocenters. The molecule has 2 amide bonds. The number of halogens is 2. The van der Waals surface area contributed by atoms with Crippen molar-refractivity contribution in [1.82, 2.24) is 24.6 Å². The Morgan fingerprint density at radius 3 is 2.89 bits per heavy atom. The lowest BCUT2D eigenvalue weighted by molar-refractivity contribution is -0.140. The highest BCUT2D eigenvalue weighted by Gasteiger charge is 2.45. The van der Waals surface area contributed by atoms with Gasteiger partial charge in [0.05, 0.1) is 11.5 Å². The second kappa shape index (κ2) is 7.29. The Labute approximate surface area is 160 Å². The van der Waals surface area contributed by atoms with E-state index in [1.165, 1.54) is 22.8 Å². The van der Waals surface area contributed by atoms with Gasteiger partial charge in [0.25, 0.3) is 12.3 Å². The summed E-state index contributed by atoms with van der Waals surface area (Å²) >= 11 is 0. The molecule has 4 heterocycles. The highest BCUT2D eigenvalue weighted by Crippen LogP contribution is 2.34. The van der Waals surface area contributed by atoms with E-state index in [1.54, 1.807) is 17.3 Å². The van der Waals surface area contributed by atoms with Crippen LogP contribution in [0.15, 0.2) is 30.7 Å². The average Bonchev–Trinajstić information content (AvgIpc) is 3.29. The summed E-state index contributed by atoms with van der Waals surface area (Å²) in [6, 6.07) is 3.75. The number of carbonyl (C=O) groups excluding carboxylic acids is 2. The monoisotopic (exact) mass is 389 g/mol. The number of alkyl halides is 2. The summed E-state index contributed by atoms with van der Waals surface area (Å²) in [4.78, 5) is 33.1. The Hall–Kier alpha value is -2.84. The van der Waals surface area contributed by atoms with E-state index >= 15 is 0 Å². The van der Waals surface area contributed by atoms with Gasteiger partial charge in [-0.3, -0.25) is 19.3 Å². The third-order valence-corrected chi connectivity index (χ3v) is 5.52. The molecule has 0 unspecified atom stereocenters. The fourth-order valence-corrected chi connectivity index (χ4v) is 4.15. The molecule has 2 aromatic heterocycles. The summed E-state index contributed by atoms with van der Waals surface area (Å²) in [5, 5.41) is 3.71. The average molecular weight is 389 g/mol. The Bertz CT molecular complexity index is 886. The van der Waals surface area contributed by atoms with E-state index < -0.39 is 18.0 Å². The van der Waals surface area contributed by atoms with Gasteiger partial charge in [-0.25, -0.2) is 8.78 Å². The molecule has 2 fully saturated rings. The predicted octanol–water partition coefficient (Wildman–Crippen LogP) is 1.87.